The van der Waals surface area contributed by atoms with Crippen molar-refractivity contribution in [3.05, 3.63) is 72.1 Å². The largest absolute Gasteiger partial charge is 0.326 e. The Bertz CT molecular complexity index is 847. The monoisotopic (exact) mass is 303 g/mol. The van der Waals surface area contributed by atoms with E-state index < -0.39 is 0 Å². The van der Waals surface area contributed by atoms with Crippen LogP contribution in [-0.4, -0.2) is 20.9 Å². The van der Waals surface area contributed by atoms with E-state index in [1.165, 1.54) is 0 Å². The van der Waals surface area contributed by atoms with E-state index in [1.54, 1.807) is 35.1 Å². The van der Waals surface area contributed by atoms with Gasteiger partial charge in [0.15, 0.2) is 0 Å². The highest BCUT2D eigenvalue weighted by Gasteiger charge is 2.11. The van der Waals surface area contributed by atoms with E-state index in [0.717, 1.165) is 5.69 Å². The SMILES string of the molecule is N#Cc1ccc(NC(=O)Cc2cnnn2-c2ccccc2)cc1. The molecule has 0 aliphatic carbocycles. The van der Waals surface area contributed by atoms with Crippen LogP contribution in [0.4, 0.5) is 5.69 Å². The van der Waals surface area contributed by atoms with Gasteiger partial charge in [-0.2, -0.15) is 5.26 Å². The summed E-state index contributed by atoms with van der Waals surface area (Å²) < 4.78 is 1.64. The molecule has 0 saturated carbocycles. The quantitative estimate of drug-likeness (QED) is 0.801. The second-order valence-electron chi connectivity index (χ2n) is 4.89. The molecule has 112 valence electrons. The molecule has 0 atom stereocenters. The third-order valence-corrected chi connectivity index (χ3v) is 3.26. The number of carbonyl (C=O) groups is 1. The van der Waals surface area contributed by atoms with Crippen molar-refractivity contribution in [2.75, 3.05) is 5.32 Å². The Morgan fingerprint density at radius 3 is 2.57 bits per heavy atom. The second-order valence-corrected chi connectivity index (χ2v) is 4.89. The van der Waals surface area contributed by atoms with Gasteiger partial charge in [0.1, 0.15) is 0 Å². The number of rotatable bonds is 4. The molecule has 0 spiro atoms. The van der Waals surface area contributed by atoms with Crippen molar-refractivity contribution in [3.63, 3.8) is 0 Å². The Balaban J connectivity index is 1.71. The van der Waals surface area contributed by atoms with Gasteiger partial charge in [-0.05, 0) is 36.4 Å². The summed E-state index contributed by atoms with van der Waals surface area (Å²) in [5.41, 5.74) is 2.75. The maximum absolute atomic E-state index is 12.2. The summed E-state index contributed by atoms with van der Waals surface area (Å²) >= 11 is 0. The van der Waals surface area contributed by atoms with Crippen molar-refractivity contribution in [1.82, 2.24) is 15.0 Å². The fourth-order valence-corrected chi connectivity index (χ4v) is 2.16. The predicted molar refractivity (Wildman–Crippen MR) is 84.8 cm³/mol. The zero-order valence-corrected chi connectivity index (χ0v) is 12.2. The van der Waals surface area contributed by atoms with E-state index >= 15 is 0 Å². The lowest BCUT2D eigenvalue weighted by atomic mass is 10.2. The Morgan fingerprint density at radius 2 is 1.87 bits per heavy atom. The topological polar surface area (TPSA) is 83.6 Å². The molecule has 1 amide bonds. The van der Waals surface area contributed by atoms with E-state index in [-0.39, 0.29) is 12.3 Å². The number of nitrogens with one attached hydrogen (secondary N) is 1. The third-order valence-electron chi connectivity index (χ3n) is 3.26. The molecule has 0 bridgehead atoms. The van der Waals surface area contributed by atoms with E-state index in [0.29, 0.717) is 16.9 Å². The average Bonchev–Trinajstić information content (AvgIpc) is 3.04. The van der Waals surface area contributed by atoms with Crippen molar-refractivity contribution in [3.8, 4) is 11.8 Å². The minimum atomic E-state index is -0.172. The Labute approximate surface area is 133 Å². The number of nitriles is 1. The number of amides is 1. The average molecular weight is 303 g/mol. The molecule has 6 heteroatoms. The van der Waals surface area contributed by atoms with E-state index in [4.69, 9.17) is 5.26 Å². The highest BCUT2D eigenvalue weighted by molar-refractivity contribution is 5.92. The van der Waals surface area contributed by atoms with Crippen molar-refractivity contribution >= 4 is 11.6 Å². The number of benzene rings is 2. The van der Waals surface area contributed by atoms with Crippen LogP contribution in [0.3, 0.4) is 0 Å². The molecule has 23 heavy (non-hydrogen) atoms. The molecule has 0 fully saturated rings. The van der Waals surface area contributed by atoms with Gasteiger partial charge in [-0.15, -0.1) is 5.10 Å². The number of carbonyl (C=O) groups excluding carboxylic acids is 1. The molecule has 0 saturated heterocycles. The van der Waals surface area contributed by atoms with Gasteiger partial charge in [-0.25, -0.2) is 4.68 Å². The summed E-state index contributed by atoms with van der Waals surface area (Å²) in [6.07, 6.45) is 1.73. The lowest BCUT2D eigenvalue weighted by Gasteiger charge is -2.07. The summed E-state index contributed by atoms with van der Waals surface area (Å²) in [6, 6.07) is 18.3. The van der Waals surface area contributed by atoms with Gasteiger partial charge in [0.2, 0.25) is 5.91 Å². The molecule has 3 rings (SSSR count). The van der Waals surface area contributed by atoms with E-state index in [1.807, 2.05) is 36.4 Å². The Morgan fingerprint density at radius 1 is 1.13 bits per heavy atom. The first-order chi connectivity index (χ1) is 11.3. The van der Waals surface area contributed by atoms with Crippen molar-refractivity contribution in [1.29, 1.82) is 5.26 Å². The van der Waals surface area contributed by atoms with Gasteiger partial charge in [-0.1, -0.05) is 23.4 Å². The summed E-state index contributed by atoms with van der Waals surface area (Å²) in [5, 5.41) is 19.5. The molecule has 3 aromatic rings. The zero-order chi connectivity index (χ0) is 16.1. The van der Waals surface area contributed by atoms with Crippen LogP contribution in [0, 0.1) is 11.3 Å². The highest BCUT2D eigenvalue weighted by atomic mass is 16.1. The molecule has 2 aromatic carbocycles. The molecule has 1 aromatic heterocycles. The first-order valence-corrected chi connectivity index (χ1v) is 7.01. The van der Waals surface area contributed by atoms with Crippen LogP contribution in [0.2, 0.25) is 0 Å². The normalized spacial score (nSPS) is 10.0. The maximum atomic E-state index is 12.2. The molecular weight excluding hydrogens is 290 g/mol. The Hall–Kier alpha value is -3.46. The fourth-order valence-electron chi connectivity index (χ4n) is 2.16. The first-order valence-electron chi connectivity index (χ1n) is 7.01. The minimum absolute atomic E-state index is 0.155. The second kappa shape index (κ2) is 6.54. The van der Waals surface area contributed by atoms with E-state index in [9.17, 15) is 4.79 Å². The number of nitrogens with zero attached hydrogens (tertiary/aromatic N) is 4. The van der Waals surface area contributed by atoms with Crippen LogP contribution >= 0.6 is 0 Å². The number of para-hydroxylation sites is 1. The fraction of sp³-hybridized carbons (Fsp3) is 0.0588. The van der Waals surface area contributed by atoms with Crippen molar-refractivity contribution in [2.45, 2.75) is 6.42 Å². The minimum Gasteiger partial charge on any atom is -0.326 e. The molecular formula is C17H13N5O. The number of aromatic nitrogens is 3. The van der Waals surface area contributed by atoms with Crippen LogP contribution in [0.15, 0.2) is 60.8 Å². The van der Waals surface area contributed by atoms with Crippen LogP contribution < -0.4 is 5.32 Å². The molecule has 0 unspecified atom stereocenters. The lowest BCUT2D eigenvalue weighted by molar-refractivity contribution is -0.115. The van der Waals surface area contributed by atoms with Crippen molar-refractivity contribution < 1.29 is 4.79 Å². The standard InChI is InChI=1S/C17H13N5O/c18-11-13-6-8-14(9-7-13)20-17(23)10-16-12-19-21-22(16)15-4-2-1-3-5-15/h1-9,12H,10H2,(H,20,23). The summed E-state index contributed by atoms with van der Waals surface area (Å²) in [7, 11) is 0. The maximum Gasteiger partial charge on any atom is 0.230 e. The molecule has 0 aliphatic rings. The van der Waals surface area contributed by atoms with Gasteiger partial charge in [0, 0.05) is 5.69 Å². The van der Waals surface area contributed by atoms with Crippen LogP contribution in [-0.2, 0) is 11.2 Å². The van der Waals surface area contributed by atoms with Gasteiger partial charge in [0.05, 0.1) is 35.6 Å². The summed E-state index contributed by atoms with van der Waals surface area (Å²) in [4.78, 5) is 12.2. The number of anilines is 1. The lowest BCUT2D eigenvalue weighted by Crippen LogP contribution is -2.16. The molecule has 6 nitrogen and oxygen atoms in total. The van der Waals surface area contributed by atoms with Gasteiger partial charge < -0.3 is 5.32 Å². The predicted octanol–water partition coefficient (Wildman–Crippen LogP) is 2.32. The van der Waals surface area contributed by atoms with Gasteiger partial charge in [0.25, 0.3) is 0 Å². The molecule has 0 radical (unpaired) electrons. The zero-order valence-electron chi connectivity index (χ0n) is 12.2. The summed E-state index contributed by atoms with van der Waals surface area (Å²) in [5.74, 6) is -0.172. The van der Waals surface area contributed by atoms with Gasteiger partial charge in [-0.3, -0.25) is 4.79 Å². The molecule has 1 heterocycles. The van der Waals surface area contributed by atoms with E-state index in [2.05, 4.69) is 15.6 Å². The van der Waals surface area contributed by atoms with Crippen LogP contribution in [0.1, 0.15) is 11.3 Å². The van der Waals surface area contributed by atoms with Gasteiger partial charge >= 0.3 is 0 Å². The summed E-state index contributed by atoms with van der Waals surface area (Å²) in [6.45, 7) is 0. The first kappa shape index (κ1) is 14.5. The number of hydrogen-bond donors (Lipinski definition) is 1. The Kier molecular flexibility index (Phi) is 4.11. The smallest absolute Gasteiger partial charge is 0.230 e. The van der Waals surface area contributed by atoms with Crippen LogP contribution in [0.5, 0.6) is 0 Å². The highest BCUT2D eigenvalue weighted by Crippen LogP contribution is 2.12. The number of hydrogen-bond acceptors (Lipinski definition) is 4. The molecule has 1 N–H and O–H groups in total. The molecule has 0 aliphatic heterocycles. The van der Waals surface area contributed by atoms with Crippen molar-refractivity contribution in [2.24, 2.45) is 0 Å². The third kappa shape index (κ3) is 3.41. The van der Waals surface area contributed by atoms with Crippen LogP contribution in [0.25, 0.3) is 5.69 Å².